The molecule has 0 aliphatic carbocycles. The Labute approximate surface area is 173 Å². The highest BCUT2D eigenvalue weighted by Crippen LogP contribution is 2.25. The van der Waals surface area contributed by atoms with Gasteiger partial charge in [-0.1, -0.05) is 28.9 Å². The highest BCUT2D eigenvalue weighted by molar-refractivity contribution is 7.89. The highest BCUT2D eigenvalue weighted by atomic mass is 35.5. The molecule has 0 atom stereocenters. The molecule has 2 heterocycles. The molecular formula is C19H19ClN4O4S. The predicted molar refractivity (Wildman–Crippen MR) is 109 cm³/mol. The zero-order valence-corrected chi connectivity index (χ0v) is 17.2. The van der Waals surface area contributed by atoms with Crippen molar-refractivity contribution in [2.75, 3.05) is 38.2 Å². The number of rotatable bonds is 5. The summed E-state index contributed by atoms with van der Waals surface area (Å²) in [6, 6.07) is 13.9. The molecule has 3 aromatic rings. The number of piperazine rings is 1. The number of sulfonamides is 1. The Morgan fingerprint density at radius 1 is 1.07 bits per heavy atom. The summed E-state index contributed by atoms with van der Waals surface area (Å²) in [5.74, 6) is 1.05. The molecule has 1 aliphatic rings. The van der Waals surface area contributed by atoms with Crippen molar-refractivity contribution in [1.29, 1.82) is 0 Å². The molecule has 0 amide bonds. The van der Waals surface area contributed by atoms with Gasteiger partial charge in [-0.3, -0.25) is 0 Å². The molecule has 1 aliphatic heterocycles. The van der Waals surface area contributed by atoms with Crippen LogP contribution < -0.4 is 9.64 Å². The normalized spacial score (nSPS) is 15.4. The molecule has 0 saturated carbocycles. The van der Waals surface area contributed by atoms with Gasteiger partial charge in [-0.2, -0.15) is 9.29 Å². The molecule has 29 heavy (non-hydrogen) atoms. The van der Waals surface area contributed by atoms with E-state index in [1.807, 2.05) is 17.0 Å². The van der Waals surface area contributed by atoms with Crippen LogP contribution in [-0.2, 0) is 10.0 Å². The first-order valence-electron chi connectivity index (χ1n) is 8.96. The van der Waals surface area contributed by atoms with E-state index >= 15 is 0 Å². The van der Waals surface area contributed by atoms with E-state index in [2.05, 4.69) is 10.1 Å². The third-order valence-electron chi connectivity index (χ3n) is 4.70. The van der Waals surface area contributed by atoms with E-state index in [9.17, 15) is 8.42 Å². The molecule has 0 unspecified atom stereocenters. The third-order valence-corrected chi connectivity index (χ3v) is 6.85. The summed E-state index contributed by atoms with van der Waals surface area (Å²) in [5, 5.41) is 4.59. The average molecular weight is 435 g/mol. The van der Waals surface area contributed by atoms with Crippen LogP contribution in [0.1, 0.15) is 0 Å². The number of ether oxygens (including phenoxy) is 1. The average Bonchev–Trinajstić information content (AvgIpc) is 3.24. The maximum Gasteiger partial charge on any atom is 0.324 e. The van der Waals surface area contributed by atoms with Crippen LogP contribution in [0.4, 0.5) is 6.01 Å². The largest absolute Gasteiger partial charge is 0.497 e. The number of hydrogen-bond acceptors (Lipinski definition) is 7. The first-order valence-corrected chi connectivity index (χ1v) is 10.8. The second-order valence-corrected chi connectivity index (χ2v) is 8.85. The zero-order chi connectivity index (χ0) is 20.4. The van der Waals surface area contributed by atoms with Gasteiger partial charge < -0.3 is 14.2 Å². The molecule has 0 N–H and O–H groups in total. The fourth-order valence-corrected chi connectivity index (χ4v) is 4.72. The van der Waals surface area contributed by atoms with E-state index in [0.717, 1.165) is 5.56 Å². The quantitative estimate of drug-likeness (QED) is 0.609. The number of anilines is 1. The lowest BCUT2D eigenvalue weighted by atomic mass is 10.2. The third kappa shape index (κ3) is 4.07. The molecule has 0 bridgehead atoms. The second-order valence-electron chi connectivity index (χ2n) is 6.48. The number of benzene rings is 2. The lowest BCUT2D eigenvalue weighted by Gasteiger charge is -2.32. The molecule has 152 valence electrons. The minimum Gasteiger partial charge on any atom is -0.497 e. The Balaban J connectivity index is 1.44. The van der Waals surface area contributed by atoms with E-state index in [0.29, 0.717) is 48.8 Å². The van der Waals surface area contributed by atoms with Crippen LogP contribution in [0.3, 0.4) is 0 Å². The van der Waals surface area contributed by atoms with Crippen molar-refractivity contribution in [3.8, 4) is 17.1 Å². The standard InChI is InChI=1S/C19H19ClN4O4S/c1-27-16-5-7-17(8-6-16)29(25,26)24-11-9-23(10-12-24)19-21-18(22-28-19)14-3-2-4-15(20)13-14/h2-8,13H,9-12H2,1H3. The van der Waals surface area contributed by atoms with Crippen molar-refractivity contribution in [1.82, 2.24) is 14.4 Å². The van der Waals surface area contributed by atoms with Crippen molar-refractivity contribution >= 4 is 27.6 Å². The van der Waals surface area contributed by atoms with Crippen LogP contribution in [-0.4, -0.2) is 56.2 Å². The van der Waals surface area contributed by atoms with Gasteiger partial charge in [0.1, 0.15) is 5.75 Å². The summed E-state index contributed by atoms with van der Waals surface area (Å²) in [5.41, 5.74) is 0.758. The van der Waals surface area contributed by atoms with Gasteiger partial charge in [0.2, 0.25) is 15.8 Å². The van der Waals surface area contributed by atoms with Crippen LogP contribution in [0, 0.1) is 0 Å². The van der Waals surface area contributed by atoms with Crippen LogP contribution in [0.15, 0.2) is 57.9 Å². The molecule has 8 nitrogen and oxygen atoms in total. The van der Waals surface area contributed by atoms with Crippen molar-refractivity contribution in [3.63, 3.8) is 0 Å². The van der Waals surface area contributed by atoms with Gasteiger partial charge >= 0.3 is 6.01 Å². The van der Waals surface area contributed by atoms with Crippen molar-refractivity contribution in [2.24, 2.45) is 0 Å². The minimum absolute atomic E-state index is 0.243. The summed E-state index contributed by atoms with van der Waals surface area (Å²) in [6.45, 7) is 1.55. The van der Waals surface area contributed by atoms with Gasteiger partial charge in [0, 0.05) is 36.8 Å². The number of halogens is 1. The number of aromatic nitrogens is 2. The van der Waals surface area contributed by atoms with Crippen LogP contribution >= 0.6 is 11.6 Å². The lowest BCUT2D eigenvalue weighted by molar-refractivity contribution is 0.355. The van der Waals surface area contributed by atoms with Crippen LogP contribution in [0.2, 0.25) is 5.02 Å². The monoisotopic (exact) mass is 434 g/mol. The summed E-state index contributed by atoms with van der Waals surface area (Å²) in [6.07, 6.45) is 0. The minimum atomic E-state index is -3.57. The topological polar surface area (TPSA) is 88.8 Å². The summed E-state index contributed by atoms with van der Waals surface area (Å²) < 4.78 is 37.6. The molecule has 2 aromatic carbocycles. The van der Waals surface area contributed by atoms with Gasteiger partial charge in [0.15, 0.2) is 0 Å². The maximum atomic E-state index is 12.9. The molecule has 1 aromatic heterocycles. The number of nitrogens with zero attached hydrogens (tertiary/aromatic N) is 4. The van der Waals surface area contributed by atoms with E-state index in [4.69, 9.17) is 20.9 Å². The predicted octanol–water partition coefficient (Wildman–Crippen LogP) is 2.91. The fourth-order valence-electron chi connectivity index (χ4n) is 3.11. The first kappa shape index (κ1) is 19.7. The van der Waals surface area contributed by atoms with Crippen molar-refractivity contribution < 1.29 is 17.7 Å². The van der Waals surface area contributed by atoms with Gasteiger partial charge in [-0.25, -0.2) is 8.42 Å². The lowest BCUT2D eigenvalue weighted by Crippen LogP contribution is -2.48. The van der Waals surface area contributed by atoms with E-state index in [1.54, 1.807) is 36.4 Å². The summed E-state index contributed by atoms with van der Waals surface area (Å²) >= 11 is 6.01. The Bertz CT molecular complexity index is 1090. The number of hydrogen-bond donors (Lipinski definition) is 0. The first-order chi connectivity index (χ1) is 14.0. The zero-order valence-electron chi connectivity index (χ0n) is 15.7. The Hall–Kier alpha value is -2.62. The molecule has 10 heteroatoms. The maximum absolute atomic E-state index is 12.9. The van der Waals surface area contributed by atoms with E-state index in [-0.39, 0.29) is 4.90 Å². The molecule has 4 rings (SSSR count). The second kappa shape index (κ2) is 8.02. The number of methoxy groups -OCH3 is 1. The van der Waals surface area contributed by atoms with Crippen molar-refractivity contribution in [2.45, 2.75) is 4.90 Å². The summed E-state index contributed by atoms with van der Waals surface area (Å²) in [7, 11) is -2.03. The molecule has 0 spiro atoms. The smallest absolute Gasteiger partial charge is 0.324 e. The summed E-state index contributed by atoms with van der Waals surface area (Å²) in [4.78, 5) is 6.54. The Morgan fingerprint density at radius 3 is 2.45 bits per heavy atom. The highest BCUT2D eigenvalue weighted by Gasteiger charge is 2.30. The Morgan fingerprint density at radius 2 is 1.79 bits per heavy atom. The van der Waals surface area contributed by atoms with Crippen molar-refractivity contribution in [3.05, 3.63) is 53.6 Å². The van der Waals surface area contributed by atoms with Gasteiger partial charge in [0.25, 0.3) is 0 Å². The molecule has 1 fully saturated rings. The van der Waals surface area contributed by atoms with Gasteiger partial charge in [-0.05, 0) is 36.4 Å². The van der Waals surface area contributed by atoms with Crippen LogP contribution in [0.25, 0.3) is 11.4 Å². The fraction of sp³-hybridized carbons (Fsp3) is 0.263. The molecule has 1 saturated heterocycles. The van der Waals surface area contributed by atoms with E-state index in [1.165, 1.54) is 11.4 Å². The van der Waals surface area contributed by atoms with E-state index < -0.39 is 10.0 Å². The molecule has 0 radical (unpaired) electrons. The molecular weight excluding hydrogens is 416 g/mol. The SMILES string of the molecule is COc1ccc(S(=O)(=O)N2CCN(c3nc(-c4cccc(Cl)c4)no3)CC2)cc1. The van der Waals surface area contributed by atoms with Gasteiger partial charge in [0.05, 0.1) is 12.0 Å². The van der Waals surface area contributed by atoms with Gasteiger partial charge in [-0.15, -0.1) is 0 Å². The Kier molecular flexibility index (Phi) is 5.44. The van der Waals surface area contributed by atoms with Crippen LogP contribution in [0.5, 0.6) is 5.75 Å².